The first-order chi connectivity index (χ1) is 22.1. The minimum atomic E-state index is -0.889. The fourth-order valence-corrected chi connectivity index (χ4v) is 3.20. The summed E-state index contributed by atoms with van der Waals surface area (Å²) in [6.07, 6.45) is -0.253. The molecule has 0 aromatic heterocycles. The first-order valence-corrected chi connectivity index (χ1v) is 15.1. The van der Waals surface area contributed by atoms with Gasteiger partial charge in [0.1, 0.15) is 6.61 Å². The van der Waals surface area contributed by atoms with E-state index < -0.39 is 12.1 Å². The van der Waals surface area contributed by atoms with Gasteiger partial charge in [-0.1, -0.05) is 30.3 Å². The average Bonchev–Trinajstić information content (AvgIpc) is 3.04. The summed E-state index contributed by atoms with van der Waals surface area (Å²) in [7, 11) is 0. The van der Waals surface area contributed by atoms with E-state index >= 15 is 0 Å². The van der Waals surface area contributed by atoms with Gasteiger partial charge in [0.15, 0.2) is 0 Å². The van der Waals surface area contributed by atoms with Gasteiger partial charge in [-0.25, -0.2) is 4.79 Å². The van der Waals surface area contributed by atoms with Crippen LogP contribution in [0.1, 0.15) is 18.4 Å². The predicted molar refractivity (Wildman–Crippen MR) is 161 cm³/mol. The Labute approximate surface area is 265 Å². The minimum absolute atomic E-state index is 0.0188. The normalized spacial score (nSPS) is 10.9. The molecule has 0 unspecified atom stereocenters. The molecule has 0 radical (unpaired) electrons. The molecular formula is C30H50N2O13. The molecule has 15 nitrogen and oxygen atoms in total. The number of carboxylic acid groups (broad SMARTS) is 1. The van der Waals surface area contributed by atoms with E-state index in [4.69, 9.17) is 47.7 Å². The number of ether oxygens (including phenoxy) is 9. The van der Waals surface area contributed by atoms with Gasteiger partial charge >= 0.3 is 12.1 Å². The zero-order valence-electron chi connectivity index (χ0n) is 26.1. The first-order valence-electron chi connectivity index (χ1n) is 15.1. The molecule has 0 saturated carbocycles. The Morgan fingerprint density at radius 2 is 0.911 bits per heavy atom. The van der Waals surface area contributed by atoms with Crippen LogP contribution < -0.4 is 10.6 Å². The van der Waals surface area contributed by atoms with Gasteiger partial charge in [-0.2, -0.15) is 0 Å². The van der Waals surface area contributed by atoms with Crippen LogP contribution in [0.2, 0.25) is 0 Å². The monoisotopic (exact) mass is 646 g/mol. The lowest BCUT2D eigenvalue weighted by atomic mass is 10.2. The number of hydrogen-bond acceptors (Lipinski definition) is 12. The first kappa shape index (κ1) is 40.1. The SMILES string of the molecule is O=C(O)CCOCCOCCOCCOCCNC(=O)CCOCCOCCOCCOCCNC(=O)OCc1ccccc1. The Bertz CT molecular complexity index is 848. The summed E-state index contributed by atoms with van der Waals surface area (Å²) >= 11 is 0. The predicted octanol–water partition coefficient (Wildman–Crippen LogP) is 1.03. The Kier molecular flexibility index (Phi) is 27.7. The lowest BCUT2D eigenvalue weighted by Crippen LogP contribution is -2.28. The van der Waals surface area contributed by atoms with Gasteiger partial charge in [-0.15, -0.1) is 0 Å². The van der Waals surface area contributed by atoms with Gasteiger partial charge in [-0.05, 0) is 5.56 Å². The number of hydrogen-bond donors (Lipinski definition) is 3. The molecule has 0 heterocycles. The number of alkyl carbamates (subject to hydrolysis) is 1. The summed E-state index contributed by atoms with van der Waals surface area (Å²) in [5, 5.41) is 13.9. The molecule has 0 fully saturated rings. The van der Waals surface area contributed by atoms with E-state index in [1.165, 1.54) is 0 Å². The van der Waals surface area contributed by atoms with Crippen molar-refractivity contribution >= 4 is 18.0 Å². The maximum Gasteiger partial charge on any atom is 0.407 e. The molecule has 1 rings (SSSR count). The van der Waals surface area contributed by atoms with Crippen molar-refractivity contribution in [3.8, 4) is 0 Å². The van der Waals surface area contributed by atoms with Crippen LogP contribution in [0.3, 0.4) is 0 Å². The second-order valence-electron chi connectivity index (χ2n) is 9.13. The summed E-state index contributed by atoms with van der Waals surface area (Å²) < 4.78 is 47.9. The van der Waals surface area contributed by atoms with Crippen molar-refractivity contribution in [2.75, 3.05) is 119 Å². The van der Waals surface area contributed by atoms with Crippen LogP contribution in [0, 0.1) is 0 Å². The molecule has 0 saturated heterocycles. The topological polar surface area (TPSA) is 179 Å². The van der Waals surface area contributed by atoms with Crippen LogP contribution in [-0.4, -0.2) is 142 Å². The second kappa shape index (κ2) is 31.1. The van der Waals surface area contributed by atoms with Crippen molar-refractivity contribution in [1.82, 2.24) is 10.6 Å². The molecule has 0 atom stereocenters. The van der Waals surface area contributed by atoms with Crippen molar-refractivity contribution < 1.29 is 62.1 Å². The smallest absolute Gasteiger partial charge is 0.407 e. The molecule has 2 amide bonds. The van der Waals surface area contributed by atoms with E-state index in [1.54, 1.807) is 0 Å². The summed E-state index contributed by atoms with van der Waals surface area (Å²) in [5.41, 5.74) is 0.925. The number of amides is 2. The van der Waals surface area contributed by atoms with Crippen LogP contribution >= 0.6 is 0 Å². The lowest BCUT2D eigenvalue weighted by Gasteiger charge is -2.09. The van der Waals surface area contributed by atoms with E-state index in [0.717, 1.165) is 5.56 Å². The van der Waals surface area contributed by atoms with Crippen molar-refractivity contribution in [2.45, 2.75) is 19.4 Å². The molecule has 258 valence electrons. The fourth-order valence-electron chi connectivity index (χ4n) is 3.20. The molecular weight excluding hydrogens is 596 g/mol. The second-order valence-corrected chi connectivity index (χ2v) is 9.13. The van der Waals surface area contributed by atoms with E-state index in [1.807, 2.05) is 30.3 Å². The summed E-state index contributed by atoms with van der Waals surface area (Å²) in [6.45, 7) is 7.01. The van der Waals surface area contributed by atoms with Crippen LogP contribution in [0.4, 0.5) is 4.79 Å². The van der Waals surface area contributed by atoms with Gasteiger partial charge in [-0.3, -0.25) is 9.59 Å². The van der Waals surface area contributed by atoms with Crippen molar-refractivity contribution in [1.29, 1.82) is 0 Å². The standard InChI is InChI=1S/C30H50N2O13/c33-28(31-8-12-39-16-20-43-25-23-42-19-15-38-11-7-29(34)35)6-10-37-14-18-41-22-24-44-21-17-40-13-9-32-30(36)45-26-27-4-2-1-3-5-27/h1-5H,6-26H2,(H,31,33)(H,32,36)(H,34,35). The highest BCUT2D eigenvalue weighted by molar-refractivity contribution is 5.75. The zero-order chi connectivity index (χ0) is 32.5. The van der Waals surface area contributed by atoms with Gasteiger partial charge < -0.3 is 58.4 Å². The number of carbonyl (C=O) groups is 3. The third-order valence-electron chi connectivity index (χ3n) is 5.46. The molecule has 0 spiro atoms. The summed E-state index contributed by atoms with van der Waals surface area (Å²) in [4.78, 5) is 33.8. The van der Waals surface area contributed by atoms with E-state index in [9.17, 15) is 14.4 Å². The minimum Gasteiger partial charge on any atom is -0.481 e. The maximum atomic E-state index is 11.8. The molecule has 45 heavy (non-hydrogen) atoms. The highest BCUT2D eigenvalue weighted by Crippen LogP contribution is 2.00. The van der Waals surface area contributed by atoms with E-state index in [2.05, 4.69) is 10.6 Å². The Morgan fingerprint density at radius 1 is 0.511 bits per heavy atom. The number of nitrogens with one attached hydrogen (secondary N) is 2. The van der Waals surface area contributed by atoms with Gasteiger partial charge in [0, 0.05) is 19.5 Å². The molecule has 15 heteroatoms. The third-order valence-corrected chi connectivity index (χ3v) is 5.46. The zero-order valence-corrected chi connectivity index (χ0v) is 26.1. The number of carboxylic acids is 1. The lowest BCUT2D eigenvalue weighted by molar-refractivity contribution is -0.138. The Balaban J connectivity index is 1.70. The van der Waals surface area contributed by atoms with Crippen molar-refractivity contribution in [2.24, 2.45) is 0 Å². The Hall–Kier alpha value is -2.89. The van der Waals surface area contributed by atoms with E-state index in [0.29, 0.717) is 112 Å². The van der Waals surface area contributed by atoms with Crippen molar-refractivity contribution in [3.05, 3.63) is 35.9 Å². The van der Waals surface area contributed by atoms with E-state index in [-0.39, 0.29) is 32.0 Å². The fraction of sp³-hybridized carbons (Fsp3) is 0.700. The molecule has 0 aliphatic carbocycles. The molecule has 1 aromatic rings. The van der Waals surface area contributed by atoms with Gasteiger partial charge in [0.25, 0.3) is 0 Å². The van der Waals surface area contributed by atoms with Gasteiger partial charge in [0.05, 0.1) is 112 Å². The average molecular weight is 647 g/mol. The summed E-state index contributed by atoms with van der Waals surface area (Å²) in [6, 6.07) is 9.45. The molecule has 0 bridgehead atoms. The number of carbonyl (C=O) groups excluding carboxylic acids is 2. The number of aliphatic carboxylic acids is 1. The summed E-state index contributed by atoms with van der Waals surface area (Å²) in [5.74, 6) is -1.00. The number of benzene rings is 1. The number of rotatable bonds is 32. The van der Waals surface area contributed by atoms with Gasteiger partial charge in [0.2, 0.25) is 5.91 Å². The Morgan fingerprint density at radius 3 is 1.38 bits per heavy atom. The van der Waals surface area contributed by atoms with Crippen LogP contribution in [0.15, 0.2) is 30.3 Å². The molecule has 0 aliphatic heterocycles. The molecule has 0 aliphatic rings. The molecule has 1 aromatic carbocycles. The highest BCUT2D eigenvalue weighted by Gasteiger charge is 2.03. The highest BCUT2D eigenvalue weighted by atomic mass is 16.6. The molecule has 3 N–H and O–H groups in total. The van der Waals surface area contributed by atoms with Crippen LogP contribution in [0.5, 0.6) is 0 Å². The third kappa shape index (κ3) is 29.6. The van der Waals surface area contributed by atoms with Crippen LogP contribution in [-0.2, 0) is 58.8 Å². The maximum absolute atomic E-state index is 11.8. The van der Waals surface area contributed by atoms with Crippen LogP contribution in [0.25, 0.3) is 0 Å². The largest absolute Gasteiger partial charge is 0.481 e. The van der Waals surface area contributed by atoms with Crippen molar-refractivity contribution in [3.63, 3.8) is 0 Å². The quantitative estimate of drug-likeness (QED) is 0.0947.